The third-order valence-corrected chi connectivity index (χ3v) is 2.90. The van der Waals surface area contributed by atoms with Crippen molar-refractivity contribution in [1.82, 2.24) is 4.90 Å². The van der Waals surface area contributed by atoms with Gasteiger partial charge in [-0.3, -0.25) is 4.79 Å². The molecule has 1 unspecified atom stereocenters. The maximum absolute atomic E-state index is 11.9. The second-order valence-electron chi connectivity index (χ2n) is 4.54. The van der Waals surface area contributed by atoms with Crippen LogP contribution >= 0.6 is 0 Å². The molecule has 0 saturated carbocycles. The second-order valence-corrected chi connectivity index (χ2v) is 4.54. The van der Waals surface area contributed by atoms with Gasteiger partial charge in [0.15, 0.2) is 0 Å². The van der Waals surface area contributed by atoms with Crippen molar-refractivity contribution < 1.29 is 4.79 Å². The number of hydrogen-bond acceptors (Lipinski definition) is 2. The molecule has 0 aromatic carbocycles. The van der Waals surface area contributed by atoms with E-state index in [0.717, 1.165) is 19.4 Å². The summed E-state index contributed by atoms with van der Waals surface area (Å²) in [6.07, 6.45) is 4.41. The van der Waals surface area contributed by atoms with Crippen LogP contribution in [-0.4, -0.2) is 28.9 Å². The molecule has 0 aromatic heterocycles. The van der Waals surface area contributed by atoms with E-state index in [2.05, 4.69) is 20.4 Å². The highest BCUT2D eigenvalue weighted by molar-refractivity contribution is 5.82. The minimum atomic E-state index is -0.412. The molecule has 1 heterocycles. The van der Waals surface area contributed by atoms with Gasteiger partial charge in [0.2, 0.25) is 5.91 Å². The van der Waals surface area contributed by atoms with Gasteiger partial charge in [0.25, 0.3) is 0 Å². The largest absolute Gasteiger partial charge is 0.336 e. The van der Waals surface area contributed by atoms with Crippen molar-refractivity contribution >= 4 is 5.91 Å². The van der Waals surface area contributed by atoms with Gasteiger partial charge in [0.1, 0.15) is 0 Å². The molecule has 0 aliphatic carbocycles. The topological polar surface area (TPSA) is 46.3 Å². The van der Waals surface area contributed by atoms with E-state index in [9.17, 15) is 4.79 Å². The van der Waals surface area contributed by atoms with E-state index in [-0.39, 0.29) is 11.4 Å². The van der Waals surface area contributed by atoms with Crippen molar-refractivity contribution in [2.75, 3.05) is 6.54 Å². The highest BCUT2D eigenvalue weighted by Gasteiger charge is 2.36. The van der Waals surface area contributed by atoms with Gasteiger partial charge in [-0.25, -0.2) is 0 Å². The van der Waals surface area contributed by atoms with Gasteiger partial charge >= 0.3 is 0 Å². The summed E-state index contributed by atoms with van der Waals surface area (Å²) in [6.45, 7) is 8.63. The molecule has 1 aliphatic heterocycles. The van der Waals surface area contributed by atoms with Crippen LogP contribution in [0.1, 0.15) is 33.1 Å². The van der Waals surface area contributed by atoms with Crippen molar-refractivity contribution in [3.8, 4) is 0 Å². The van der Waals surface area contributed by atoms with Crippen molar-refractivity contribution in [2.45, 2.75) is 44.7 Å². The molecule has 14 heavy (non-hydrogen) atoms. The molecule has 80 valence electrons. The summed E-state index contributed by atoms with van der Waals surface area (Å²) in [6, 6.07) is -0.412. The van der Waals surface area contributed by atoms with Crippen LogP contribution in [0.5, 0.6) is 0 Å². The van der Waals surface area contributed by atoms with E-state index < -0.39 is 6.04 Å². The Balaban J connectivity index is 2.64. The maximum Gasteiger partial charge on any atom is 0.240 e. The van der Waals surface area contributed by atoms with Crippen LogP contribution in [0.2, 0.25) is 0 Å². The average Bonchev–Trinajstić information content (AvgIpc) is 2.44. The number of carbonyl (C=O) groups excluding carboxylic acids is 1. The predicted octanol–water partition coefficient (Wildman–Crippen LogP) is 1.29. The van der Waals surface area contributed by atoms with Crippen molar-refractivity contribution in [3.05, 3.63) is 12.7 Å². The SMILES string of the molecule is C=CCC(N)C(=O)N1CCCC1(C)C. The fraction of sp³-hybridized carbons (Fsp3) is 0.727. The summed E-state index contributed by atoms with van der Waals surface area (Å²) in [4.78, 5) is 13.8. The summed E-state index contributed by atoms with van der Waals surface area (Å²) in [5.74, 6) is 0.0624. The van der Waals surface area contributed by atoms with Gasteiger partial charge in [0, 0.05) is 12.1 Å². The molecule has 0 spiro atoms. The van der Waals surface area contributed by atoms with Gasteiger partial charge in [0.05, 0.1) is 6.04 Å². The first kappa shape index (κ1) is 11.2. The lowest BCUT2D eigenvalue weighted by Gasteiger charge is -2.33. The zero-order chi connectivity index (χ0) is 10.8. The van der Waals surface area contributed by atoms with E-state index in [4.69, 9.17) is 5.73 Å². The van der Waals surface area contributed by atoms with Crippen molar-refractivity contribution in [2.24, 2.45) is 5.73 Å². The lowest BCUT2D eigenvalue weighted by atomic mass is 10.0. The molecule has 1 saturated heterocycles. The highest BCUT2D eigenvalue weighted by Crippen LogP contribution is 2.28. The summed E-state index contributed by atoms with van der Waals surface area (Å²) < 4.78 is 0. The lowest BCUT2D eigenvalue weighted by molar-refractivity contribution is -0.135. The van der Waals surface area contributed by atoms with Crippen LogP contribution in [0, 0.1) is 0 Å². The molecular weight excluding hydrogens is 176 g/mol. The molecule has 1 atom stereocenters. The Labute approximate surface area is 86.0 Å². The monoisotopic (exact) mass is 196 g/mol. The van der Waals surface area contributed by atoms with Gasteiger partial charge in [-0.05, 0) is 33.1 Å². The van der Waals surface area contributed by atoms with E-state index in [1.165, 1.54) is 0 Å². The smallest absolute Gasteiger partial charge is 0.240 e. The summed E-state index contributed by atoms with van der Waals surface area (Å²) >= 11 is 0. The van der Waals surface area contributed by atoms with Crippen LogP contribution in [0.15, 0.2) is 12.7 Å². The fourth-order valence-electron chi connectivity index (χ4n) is 2.00. The predicted molar refractivity (Wildman–Crippen MR) is 57.8 cm³/mol. The van der Waals surface area contributed by atoms with Crippen LogP contribution in [0.25, 0.3) is 0 Å². The number of nitrogens with two attached hydrogens (primary N) is 1. The number of hydrogen-bond donors (Lipinski definition) is 1. The zero-order valence-electron chi connectivity index (χ0n) is 9.12. The molecule has 3 heteroatoms. The summed E-state index contributed by atoms with van der Waals surface area (Å²) in [5.41, 5.74) is 5.75. The summed E-state index contributed by atoms with van der Waals surface area (Å²) in [7, 11) is 0. The highest BCUT2D eigenvalue weighted by atomic mass is 16.2. The Morgan fingerprint density at radius 2 is 2.36 bits per heavy atom. The van der Waals surface area contributed by atoms with Crippen LogP contribution < -0.4 is 5.73 Å². The molecule has 3 nitrogen and oxygen atoms in total. The van der Waals surface area contributed by atoms with Crippen LogP contribution in [0.3, 0.4) is 0 Å². The quantitative estimate of drug-likeness (QED) is 0.691. The molecule has 1 fully saturated rings. The molecule has 0 radical (unpaired) electrons. The van der Waals surface area contributed by atoms with Crippen LogP contribution in [0.4, 0.5) is 0 Å². The molecule has 1 amide bonds. The third kappa shape index (κ3) is 2.15. The third-order valence-electron chi connectivity index (χ3n) is 2.90. The zero-order valence-corrected chi connectivity index (χ0v) is 9.12. The number of nitrogens with zero attached hydrogens (tertiary/aromatic N) is 1. The minimum absolute atomic E-state index is 0.0180. The van der Waals surface area contributed by atoms with Gasteiger partial charge in [-0.2, -0.15) is 0 Å². The molecule has 0 bridgehead atoms. The first-order valence-corrected chi connectivity index (χ1v) is 5.17. The van der Waals surface area contributed by atoms with Gasteiger partial charge in [-0.15, -0.1) is 6.58 Å². The minimum Gasteiger partial charge on any atom is -0.336 e. The number of likely N-dealkylation sites (tertiary alicyclic amines) is 1. The van der Waals surface area contributed by atoms with Gasteiger partial charge in [-0.1, -0.05) is 6.08 Å². The Bertz CT molecular complexity index is 235. The number of rotatable bonds is 3. The second kappa shape index (κ2) is 4.13. The van der Waals surface area contributed by atoms with E-state index in [1.807, 2.05) is 4.90 Å². The lowest BCUT2D eigenvalue weighted by Crippen LogP contribution is -2.50. The fourth-order valence-corrected chi connectivity index (χ4v) is 2.00. The first-order valence-electron chi connectivity index (χ1n) is 5.17. The molecular formula is C11H20N2O. The first-order chi connectivity index (χ1) is 6.49. The summed E-state index contributed by atoms with van der Waals surface area (Å²) in [5, 5.41) is 0. The van der Waals surface area contributed by atoms with E-state index >= 15 is 0 Å². The Hall–Kier alpha value is -0.830. The van der Waals surface area contributed by atoms with Crippen LogP contribution in [-0.2, 0) is 4.79 Å². The van der Waals surface area contributed by atoms with Crippen molar-refractivity contribution in [1.29, 1.82) is 0 Å². The standard InChI is InChI=1S/C11H20N2O/c1-4-6-9(12)10(14)13-8-5-7-11(13,2)3/h4,9H,1,5-8,12H2,2-3H3. The Morgan fingerprint density at radius 1 is 1.71 bits per heavy atom. The maximum atomic E-state index is 11.9. The number of amides is 1. The number of carbonyl (C=O) groups is 1. The van der Waals surface area contributed by atoms with Gasteiger partial charge < -0.3 is 10.6 Å². The molecule has 2 N–H and O–H groups in total. The normalized spacial score (nSPS) is 22.1. The average molecular weight is 196 g/mol. The Kier molecular flexibility index (Phi) is 3.32. The van der Waals surface area contributed by atoms with E-state index in [0.29, 0.717) is 6.42 Å². The van der Waals surface area contributed by atoms with Crippen molar-refractivity contribution in [3.63, 3.8) is 0 Å². The molecule has 0 aromatic rings. The molecule has 1 rings (SSSR count). The van der Waals surface area contributed by atoms with E-state index in [1.54, 1.807) is 6.08 Å². The Morgan fingerprint density at radius 3 is 2.79 bits per heavy atom. The molecule has 1 aliphatic rings.